The number of hydrogen-bond acceptors (Lipinski definition) is 2. The van der Waals surface area contributed by atoms with Gasteiger partial charge >= 0.3 is 5.37 Å². The lowest BCUT2D eigenvalue weighted by Gasteiger charge is -2.07. The Hall–Kier alpha value is -0.280. The third-order valence-electron chi connectivity index (χ3n) is 0.823. The molecule has 0 heterocycles. The Morgan fingerprint density at radius 1 is 1.67 bits per heavy atom. The van der Waals surface area contributed by atoms with E-state index in [1.807, 2.05) is 19.0 Å². The Morgan fingerprint density at radius 2 is 2.22 bits per heavy atom. The molecule has 0 aromatic heterocycles. The summed E-state index contributed by atoms with van der Waals surface area (Å²) in [7, 11) is 3.86. The van der Waals surface area contributed by atoms with Crippen LogP contribution in [0.5, 0.6) is 0 Å². The summed E-state index contributed by atoms with van der Waals surface area (Å²) in [6.07, 6.45) is 0. The van der Waals surface area contributed by atoms with Crippen molar-refractivity contribution in [3.05, 3.63) is 0 Å². The maximum atomic E-state index is 10.1. The second kappa shape index (κ2) is 4.58. The minimum absolute atomic E-state index is 0.489. The van der Waals surface area contributed by atoms with E-state index >= 15 is 0 Å². The van der Waals surface area contributed by atoms with Crippen LogP contribution in [0.1, 0.15) is 0 Å². The standard InChI is InChI=1S/C5H11ClN2O/c1-8(2)4-3-7-5(6)9/h3-4H2,1-2H3,(H,7,9). The van der Waals surface area contributed by atoms with Crippen molar-refractivity contribution < 1.29 is 4.79 Å². The fraction of sp³-hybridized carbons (Fsp3) is 0.800. The second-order valence-corrected chi connectivity index (χ2v) is 2.35. The second-order valence-electron chi connectivity index (χ2n) is 2.00. The molecule has 4 heteroatoms. The van der Waals surface area contributed by atoms with Crippen molar-refractivity contribution in [3.63, 3.8) is 0 Å². The van der Waals surface area contributed by atoms with Crippen molar-refractivity contribution in [1.82, 2.24) is 10.2 Å². The molecule has 0 aliphatic rings. The van der Waals surface area contributed by atoms with Gasteiger partial charge in [-0.15, -0.1) is 0 Å². The molecule has 54 valence electrons. The van der Waals surface area contributed by atoms with Crippen LogP contribution in [-0.4, -0.2) is 37.5 Å². The minimum atomic E-state index is -0.489. The van der Waals surface area contributed by atoms with Crippen LogP contribution in [0.15, 0.2) is 0 Å². The first kappa shape index (κ1) is 8.72. The molecule has 0 aliphatic heterocycles. The summed E-state index contributed by atoms with van der Waals surface area (Å²) in [4.78, 5) is 12.0. The van der Waals surface area contributed by atoms with E-state index in [1.165, 1.54) is 0 Å². The molecule has 1 N–H and O–H groups in total. The fourth-order valence-corrected chi connectivity index (χ4v) is 0.472. The summed E-state index contributed by atoms with van der Waals surface area (Å²) in [6.45, 7) is 1.42. The molecule has 0 saturated heterocycles. The molecule has 1 amide bonds. The van der Waals surface area contributed by atoms with Crippen LogP contribution in [0.2, 0.25) is 0 Å². The maximum absolute atomic E-state index is 10.1. The van der Waals surface area contributed by atoms with Gasteiger partial charge in [-0.2, -0.15) is 0 Å². The number of hydrogen-bond donors (Lipinski definition) is 1. The van der Waals surface area contributed by atoms with E-state index in [9.17, 15) is 4.79 Å². The third-order valence-corrected chi connectivity index (χ3v) is 0.957. The van der Waals surface area contributed by atoms with Gasteiger partial charge < -0.3 is 10.2 Å². The third kappa shape index (κ3) is 7.72. The van der Waals surface area contributed by atoms with Gasteiger partial charge in [-0.3, -0.25) is 4.79 Å². The summed E-state index contributed by atoms with van der Waals surface area (Å²) in [5.74, 6) is 0. The van der Waals surface area contributed by atoms with Gasteiger partial charge in [0.15, 0.2) is 0 Å². The number of nitrogens with one attached hydrogen (secondary N) is 1. The van der Waals surface area contributed by atoms with E-state index in [1.54, 1.807) is 0 Å². The summed E-state index contributed by atoms with van der Waals surface area (Å²) < 4.78 is 0. The quantitative estimate of drug-likeness (QED) is 0.469. The summed E-state index contributed by atoms with van der Waals surface area (Å²) in [5, 5.41) is 1.97. The first-order valence-electron chi connectivity index (χ1n) is 2.71. The molecule has 0 saturated carbocycles. The Labute approximate surface area is 60.0 Å². The van der Waals surface area contributed by atoms with Gasteiger partial charge in [0.05, 0.1) is 0 Å². The average Bonchev–Trinajstić information content (AvgIpc) is 1.63. The Bertz CT molecular complexity index is 95.0. The Morgan fingerprint density at radius 3 is 2.56 bits per heavy atom. The number of carbonyl (C=O) groups excluding carboxylic acids is 1. The van der Waals surface area contributed by atoms with Crippen LogP contribution in [0.25, 0.3) is 0 Å². The molecular formula is C5H11ClN2O. The fourth-order valence-electron chi connectivity index (χ4n) is 0.378. The van der Waals surface area contributed by atoms with Crippen LogP contribution in [0.4, 0.5) is 4.79 Å². The van der Waals surface area contributed by atoms with E-state index in [2.05, 4.69) is 5.32 Å². The zero-order valence-corrected chi connectivity index (χ0v) is 6.40. The molecular weight excluding hydrogens is 140 g/mol. The number of amides is 1. The molecule has 0 unspecified atom stereocenters. The van der Waals surface area contributed by atoms with Crippen molar-refractivity contribution in [2.45, 2.75) is 0 Å². The number of likely N-dealkylation sites (N-methyl/N-ethyl adjacent to an activating group) is 1. The summed E-state index contributed by atoms with van der Waals surface area (Å²) in [6, 6.07) is 0. The van der Waals surface area contributed by atoms with Crippen molar-refractivity contribution >= 4 is 17.0 Å². The van der Waals surface area contributed by atoms with Crippen molar-refractivity contribution in [3.8, 4) is 0 Å². The smallest absolute Gasteiger partial charge is 0.313 e. The maximum Gasteiger partial charge on any atom is 0.313 e. The van der Waals surface area contributed by atoms with Crippen LogP contribution in [0.3, 0.4) is 0 Å². The molecule has 0 radical (unpaired) electrons. The first-order chi connectivity index (χ1) is 4.13. The Balaban J connectivity index is 3.01. The van der Waals surface area contributed by atoms with Gasteiger partial charge in [0.2, 0.25) is 0 Å². The largest absolute Gasteiger partial charge is 0.341 e. The minimum Gasteiger partial charge on any atom is -0.341 e. The summed E-state index contributed by atoms with van der Waals surface area (Å²) >= 11 is 4.99. The van der Waals surface area contributed by atoms with Crippen LogP contribution < -0.4 is 5.32 Å². The average molecular weight is 151 g/mol. The Kier molecular flexibility index (Phi) is 4.44. The lowest BCUT2D eigenvalue weighted by molar-refractivity contribution is 0.258. The first-order valence-corrected chi connectivity index (χ1v) is 3.09. The molecule has 0 bridgehead atoms. The SMILES string of the molecule is CN(C)CCNC(=O)Cl. The monoisotopic (exact) mass is 150 g/mol. The van der Waals surface area contributed by atoms with Gasteiger partial charge in [-0.1, -0.05) is 0 Å². The van der Waals surface area contributed by atoms with Gasteiger partial charge in [-0.25, -0.2) is 0 Å². The highest BCUT2D eigenvalue weighted by Gasteiger charge is 1.92. The molecule has 0 fully saturated rings. The molecule has 0 rings (SSSR count). The molecule has 0 spiro atoms. The molecule has 3 nitrogen and oxygen atoms in total. The summed E-state index contributed by atoms with van der Waals surface area (Å²) in [5.41, 5.74) is 0. The van der Waals surface area contributed by atoms with Crippen molar-refractivity contribution in [1.29, 1.82) is 0 Å². The van der Waals surface area contributed by atoms with Crippen molar-refractivity contribution in [2.24, 2.45) is 0 Å². The van der Waals surface area contributed by atoms with E-state index < -0.39 is 5.37 Å². The van der Waals surface area contributed by atoms with Crippen LogP contribution in [0, 0.1) is 0 Å². The van der Waals surface area contributed by atoms with Gasteiger partial charge in [0.1, 0.15) is 0 Å². The van der Waals surface area contributed by atoms with Crippen LogP contribution in [-0.2, 0) is 0 Å². The molecule has 0 aromatic rings. The zero-order chi connectivity index (χ0) is 7.28. The highest BCUT2D eigenvalue weighted by atomic mass is 35.5. The number of halogens is 1. The molecule has 9 heavy (non-hydrogen) atoms. The number of nitrogens with zero attached hydrogens (tertiary/aromatic N) is 1. The number of rotatable bonds is 3. The van der Waals surface area contributed by atoms with Gasteiger partial charge in [0, 0.05) is 13.1 Å². The highest BCUT2D eigenvalue weighted by molar-refractivity contribution is 6.62. The van der Waals surface area contributed by atoms with E-state index in [0.29, 0.717) is 6.54 Å². The van der Waals surface area contributed by atoms with E-state index in [4.69, 9.17) is 11.6 Å². The molecule has 0 aromatic carbocycles. The highest BCUT2D eigenvalue weighted by Crippen LogP contribution is 1.76. The lowest BCUT2D eigenvalue weighted by atomic mass is 10.6. The van der Waals surface area contributed by atoms with Crippen LogP contribution >= 0.6 is 11.6 Å². The van der Waals surface area contributed by atoms with Crippen molar-refractivity contribution in [2.75, 3.05) is 27.2 Å². The van der Waals surface area contributed by atoms with E-state index in [-0.39, 0.29) is 0 Å². The van der Waals surface area contributed by atoms with Gasteiger partial charge in [-0.05, 0) is 25.7 Å². The molecule has 0 aliphatic carbocycles. The van der Waals surface area contributed by atoms with E-state index in [0.717, 1.165) is 6.54 Å². The zero-order valence-electron chi connectivity index (χ0n) is 5.65. The predicted octanol–water partition coefficient (Wildman–Crippen LogP) is 0.496. The molecule has 0 atom stereocenters. The number of carbonyl (C=O) groups is 1. The van der Waals surface area contributed by atoms with Gasteiger partial charge in [0.25, 0.3) is 0 Å². The normalized spacial score (nSPS) is 9.78. The lowest BCUT2D eigenvalue weighted by Crippen LogP contribution is -2.27. The topological polar surface area (TPSA) is 32.3 Å². The predicted molar refractivity (Wildman–Crippen MR) is 37.8 cm³/mol.